The molecule has 2 atom stereocenters. The average Bonchev–Trinajstić information content (AvgIpc) is 3.36. The van der Waals surface area contributed by atoms with E-state index in [1.165, 1.54) is 0 Å². The lowest BCUT2D eigenvalue weighted by atomic mass is 9.93. The number of piperidine rings is 1. The van der Waals surface area contributed by atoms with Crippen molar-refractivity contribution in [2.75, 3.05) is 13.1 Å². The number of aromatic nitrogens is 1. The van der Waals surface area contributed by atoms with Crippen LogP contribution >= 0.6 is 11.6 Å². The van der Waals surface area contributed by atoms with Gasteiger partial charge in [0, 0.05) is 36.3 Å². The number of likely N-dealkylation sites (tertiary alicyclic amines) is 1. The van der Waals surface area contributed by atoms with Crippen molar-refractivity contribution in [3.63, 3.8) is 0 Å². The van der Waals surface area contributed by atoms with Gasteiger partial charge in [0.2, 0.25) is 5.91 Å². The molecule has 3 aromatic carbocycles. The third-order valence-electron chi connectivity index (χ3n) is 7.84. The molecule has 7 heteroatoms. The Bertz CT molecular complexity index is 1500. The molecule has 1 N–H and O–H groups in total. The number of carbonyl (C=O) groups excluding carboxylic acids is 1. The first kappa shape index (κ1) is 24.7. The number of nitrogens with zero attached hydrogens (tertiary/aromatic N) is 2. The van der Waals surface area contributed by atoms with Crippen molar-refractivity contribution in [1.82, 2.24) is 9.47 Å². The Hall–Kier alpha value is -3.61. The number of amides is 1. The number of hydrogen-bond donors (Lipinski definition) is 1. The maximum Gasteiger partial charge on any atom is 0.303 e. The van der Waals surface area contributed by atoms with Gasteiger partial charge in [-0.3, -0.25) is 9.59 Å². The van der Waals surface area contributed by atoms with E-state index in [0.717, 1.165) is 33.3 Å². The summed E-state index contributed by atoms with van der Waals surface area (Å²) in [7, 11) is 0. The summed E-state index contributed by atoms with van der Waals surface area (Å²) in [5.41, 5.74) is 3.89. The van der Waals surface area contributed by atoms with Crippen LogP contribution in [-0.4, -0.2) is 39.5 Å². The summed E-state index contributed by atoms with van der Waals surface area (Å²) >= 11 is 6.51. The molecule has 0 radical (unpaired) electrons. The number of carboxylic acids is 1. The van der Waals surface area contributed by atoms with E-state index >= 15 is 0 Å². The van der Waals surface area contributed by atoms with Crippen molar-refractivity contribution in [2.45, 2.75) is 37.9 Å². The van der Waals surface area contributed by atoms with E-state index in [9.17, 15) is 9.59 Å². The molecule has 3 heterocycles. The monoisotopic (exact) mass is 528 g/mol. The standard InChI is InChI=1S/C31H29ClN2O4/c32-22-10-11-26-25(18-22)31(24-8-3-6-21-5-1-2-7-23(21)24)38-28(27-9-4-14-34(26)27)19-29(35)33-15-12-20(13-16-33)17-30(36)37/h1-11,14,18,20,28,31H,12-13,15-17,19H2,(H,36,37)/t28-,31-/m1/s1. The first-order chi connectivity index (χ1) is 18.5. The Kier molecular flexibility index (Phi) is 6.68. The van der Waals surface area contributed by atoms with Crippen LogP contribution < -0.4 is 0 Å². The van der Waals surface area contributed by atoms with Gasteiger partial charge < -0.3 is 19.3 Å². The van der Waals surface area contributed by atoms with Gasteiger partial charge in [0.15, 0.2) is 0 Å². The molecule has 0 bridgehead atoms. The van der Waals surface area contributed by atoms with Gasteiger partial charge in [-0.15, -0.1) is 0 Å². The van der Waals surface area contributed by atoms with Crippen molar-refractivity contribution in [2.24, 2.45) is 5.92 Å². The summed E-state index contributed by atoms with van der Waals surface area (Å²) in [5, 5.41) is 12.0. The lowest BCUT2D eigenvalue weighted by Gasteiger charge is -2.32. The fourth-order valence-electron chi connectivity index (χ4n) is 5.93. The van der Waals surface area contributed by atoms with E-state index in [-0.39, 0.29) is 24.7 Å². The number of benzene rings is 3. The second kappa shape index (κ2) is 10.3. The van der Waals surface area contributed by atoms with Gasteiger partial charge in [-0.1, -0.05) is 54.1 Å². The second-order valence-electron chi connectivity index (χ2n) is 10.2. The molecule has 0 saturated carbocycles. The molecule has 1 aromatic heterocycles. The Labute approximate surface area is 226 Å². The van der Waals surface area contributed by atoms with Crippen LogP contribution in [0.4, 0.5) is 0 Å². The van der Waals surface area contributed by atoms with Gasteiger partial charge in [0.1, 0.15) is 12.2 Å². The summed E-state index contributed by atoms with van der Waals surface area (Å²) in [6, 6.07) is 24.3. The van der Waals surface area contributed by atoms with Gasteiger partial charge in [0.05, 0.1) is 17.8 Å². The predicted octanol–water partition coefficient (Wildman–Crippen LogP) is 6.55. The summed E-state index contributed by atoms with van der Waals surface area (Å²) in [6.45, 7) is 1.15. The molecule has 1 fully saturated rings. The van der Waals surface area contributed by atoms with Gasteiger partial charge in [-0.2, -0.15) is 0 Å². The van der Waals surface area contributed by atoms with Crippen LogP contribution in [-0.2, 0) is 14.3 Å². The van der Waals surface area contributed by atoms with Gasteiger partial charge in [0.25, 0.3) is 0 Å². The fourth-order valence-corrected chi connectivity index (χ4v) is 6.11. The molecule has 194 valence electrons. The van der Waals surface area contributed by atoms with Crippen LogP contribution in [0.5, 0.6) is 0 Å². The minimum atomic E-state index is -0.776. The number of fused-ring (bicyclic) bond motifs is 4. The number of aliphatic carboxylic acids is 1. The minimum absolute atomic E-state index is 0.0252. The summed E-state index contributed by atoms with van der Waals surface area (Å²) in [6.07, 6.45) is 2.90. The largest absolute Gasteiger partial charge is 0.481 e. The van der Waals surface area contributed by atoms with Crippen LogP contribution in [0.3, 0.4) is 0 Å². The predicted molar refractivity (Wildman–Crippen MR) is 147 cm³/mol. The molecule has 1 amide bonds. The zero-order valence-corrected chi connectivity index (χ0v) is 21.7. The SMILES string of the molecule is O=C(O)CC1CCN(C(=O)C[C@H]2O[C@H](c3cccc4ccccc34)c3cc(Cl)ccc3-n3cccc32)CC1. The molecule has 0 aliphatic carbocycles. The Morgan fingerprint density at radius 1 is 0.921 bits per heavy atom. The van der Waals surface area contributed by atoms with Crippen LogP contribution in [0.1, 0.15) is 54.7 Å². The van der Waals surface area contributed by atoms with Crippen LogP contribution in [0.15, 0.2) is 79.0 Å². The van der Waals surface area contributed by atoms with E-state index in [1.807, 2.05) is 59.6 Å². The lowest BCUT2D eigenvalue weighted by molar-refractivity contribution is -0.139. The third-order valence-corrected chi connectivity index (χ3v) is 8.07. The molecule has 2 aliphatic rings. The van der Waals surface area contributed by atoms with Crippen LogP contribution in [0.2, 0.25) is 5.02 Å². The number of hydrogen-bond acceptors (Lipinski definition) is 3. The highest BCUT2D eigenvalue weighted by Crippen LogP contribution is 2.44. The number of carboxylic acid groups (broad SMARTS) is 1. The van der Waals surface area contributed by atoms with Gasteiger partial charge in [-0.25, -0.2) is 0 Å². The van der Waals surface area contributed by atoms with Crippen molar-refractivity contribution >= 4 is 34.2 Å². The van der Waals surface area contributed by atoms with Crippen molar-refractivity contribution in [3.05, 3.63) is 101 Å². The van der Waals surface area contributed by atoms with E-state index in [4.69, 9.17) is 21.4 Å². The highest BCUT2D eigenvalue weighted by Gasteiger charge is 2.34. The fraction of sp³-hybridized carbons (Fsp3) is 0.290. The summed E-state index contributed by atoms with van der Waals surface area (Å²) in [5.74, 6) is -0.628. The van der Waals surface area contributed by atoms with Crippen LogP contribution in [0, 0.1) is 5.92 Å². The minimum Gasteiger partial charge on any atom is -0.481 e. The second-order valence-corrected chi connectivity index (χ2v) is 10.6. The van der Waals surface area contributed by atoms with Crippen molar-refractivity contribution in [1.29, 1.82) is 0 Å². The van der Waals surface area contributed by atoms with Gasteiger partial charge >= 0.3 is 5.97 Å². The van der Waals surface area contributed by atoms with E-state index < -0.39 is 18.2 Å². The molecule has 2 aliphatic heterocycles. The number of rotatable bonds is 5. The molecule has 0 spiro atoms. The molecular formula is C31H29ClN2O4. The molecule has 1 saturated heterocycles. The molecule has 38 heavy (non-hydrogen) atoms. The Morgan fingerprint density at radius 3 is 2.53 bits per heavy atom. The summed E-state index contributed by atoms with van der Waals surface area (Å²) in [4.78, 5) is 26.5. The lowest BCUT2D eigenvalue weighted by Crippen LogP contribution is -2.39. The normalized spacial score (nSPS) is 19.6. The molecule has 6 nitrogen and oxygen atoms in total. The van der Waals surface area contributed by atoms with Crippen molar-refractivity contribution in [3.8, 4) is 5.69 Å². The summed E-state index contributed by atoms with van der Waals surface area (Å²) < 4.78 is 9.01. The van der Waals surface area contributed by atoms with E-state index in [1.54, 1.807) is 0 Å². The molecule has 4 aromatic rings. The van der Waals surface area contributed by atoms with Gasteiger partial charge in [-0.05, 0) is 65.4 Å². The first-order valence-corrected chi connectivity index (χ1v) is 13.5. The molecule has 0 unspecified atom stereocenters. The topological polar surface area (TPSA) is 71.8 Å². The van der Waals surface area contributed by atoms with Crippen molar-refractivity contribution < 1.29 is 19.4 Å². The smallest absolute Gasteiger partial charge is 0.303 e. The molecular weight excluding hydrogens is 500 g/mol. The zero-order valence-electron chi connectivity index (χ0n) is 20.9. The number of halogens is 1. The maximum atomic E-state index is 13.5. The van der Waals surface area contributed by atoms with E-state index in [2.05, 4.69) is 28.8 Å². The quantitative estimate of drug-likeness (QED) is 0.319. The maximum absolute atomic E-state index is 13.5. The highest BCUT2D eigenvalue weighted by molar-refractivity contribution is 6.30. The van der Waals surface area contributed by atoms with E-state index in [0.29, 0.717) is 31.0 Å². The number of carbonyl (C=O) groups is 2. The number of ether oxygens (including phenoxy) is 1. The first-order valence-electron chi connectivity index (χ1n) is 13.1. The molecule has 6 rings (SSSR count). The highest BCUT2D eigenvalue weighted by atomic mass is 35.5. The van der Waals surface area contributed by atoms with Crippen LogP contribution in [0.25, 0.3) is 16.5 Å². The zero-order chi connectivity index (χ0) is 26.2. The Balaban J connectivity index is 1.35. The Morgan fingerprint density at radius 2 is 1.71 bits per heavy atom. The average molecular weight is 529 g/mol. The third kappa shape index (κ3) is 4.70.